The summed E-state index contributed by atoms with van der Waals surface area (Å²) >= 11 is 0. The molecule has 1 fully saturated rings. The van der Waals surface area contributed by atoms with Gasteiger partial charge >= 0.3 is 6.03 Å². The molecule has 1 saturated heterocycles. The van der Waals surface area contributed by atoms with Gasteiger partial charge in [0, 0.05) is 39.9 Å². The van der Waals surface area contributed by atoms with Crippen molar-refractivity contribution in [1.29, 1.82) is 0 Å². The largest absolute Gasteiger partial charge is 0.375 e. The van der Waals surface area contributed by atoms with Crippen LogP contribution in [-0.4, -0.2) is 55.8 Å². The number of rotatable bonds is 3. The van der Waals surface area contributed by atoms with Crippen molar-refractivity contribution < 1.29 is 9.53 Å². The van der Waals surface area contributed by atoms with Gasteiger partial charge in [0.25, 0.3) is 0 Å². The van der Waals surface area contributed by atoms with Gasteiger partial charge in [-0.15, -0.1) is 0 Å². The predicted molar refractivity (Wildman–Crippen MR) is 77.8 cm³/mol. The van der Waals surface area contributed by atoms with Gasteiger partial charge in [0.15, 0.2) is 0 Å². The fourth-order valence-electron chi connectivity index (χ4n) is 2.11. The van der Waals surface area contributed by atoms with Crippen molar-refractivity contribution in [1.82, 2.24) is 15.2 Å². The summed E-state index contributed by atoms with van der Waals surface area (Å²) in [6, 6.07) is 3.85. The Morgan fingerprint density at radius 3 is 3.10 bits per heavy atom. The van der Waals surface area contributed by atoms with Crippen LogP contribution in [0.5, 0.6) is 0 Å². The number of ether oxygens (including phenoxy) is 1. The average Bonchev–Trinajstić information content (AvgIpc) is 2.45. The molecule has 1 aliphatic heterocycles. The molecule has 1 aliphatic rings. The van der Waals surface area contributed by atoms with Crippen LogP contribution in [0.2, 0.25) is 0 Å². The van der Waals surface area contributed by atoms with Crippen LogP contribution in [0.25, 0.3) is 0 Å². The number of nitrogens with zero attached hydrogens (tertiary/aromatic N) is 3. The number of hydrogen-bond donors (Lipinski definition) is 1. The SMILES string of the molecule is C[C@H]1CN(C(=O)NCc2ccnc(N(C)C)c2)CCO1. The summed E-state index contributed by atoms with van der Waals surface area (Å²) in [5.74, 6) is 0.886. The van der Waals surface area contributed by atoms with Crippen LogP contribution < -0.4 is 10.2 Å². The lowest BCUT2D eigenvalue weighted by molar-refractivity contribution is -0.00351. The molecule has 6 nitrogen and oxygen atoms in total. The van der Waals surface area contributed by atoms with Gasteiger partial charge in [-0.2, -0.15) is 0 Å². The van der Waals surface area contributed by atoms with E-state index >= 15 is 0 Å². The number of urea groups is 1. The summed E-state index contributed by atoms with van der Waals surface area (Å²) in [6.07, 6.45) is 1.86. The predicted octanol–water partition coefficient (Wildman–Crippen LogP) is 1.08. The molecule has 2 heterocycles. The maximum atomic E-state index is 12.1. The zero-order valence-corrected chi connectivity index (χ0v) is 12.3. The first-order valence-corrected chi connectivity index (χ1v) is 6.83. The summed E-state index contributed by atoms with van der Waals surface area (Å²) in [6.45, 7) is 4.38. The molecule has 20 heavy (non-hydrogen) atoms. The Kier molecular flexibility index (Phi) is 4.79. The van der Waals surface area contributed by atoms with E-state index in [4.69, 9.17) is 4.74 Å². The molecule has 1 aromatic heterocycles. The Hall–Kier alpha value is -1.82. The quantitative estimate of drug-likeness (QED) is 0.899. The molecule has 0 unspecified atom stereocenters. The molecular formula is C14H22N4O2. The first kappa shape index (κ1) is 14.6. The van der Waals surface area contributed by atoms with Crippen LogP contribution in [0.15, 0.2) is 18.3 Å². The second kappa shape index (κ2) is 6.56. The Balaban J connectivity index is 1.88. The summed E-state index contributed by atoms with van der Waals surface area (Å²) in [7, 11) is 3.89. The van der Waals surface area contributed by atoms with Crippen LogP contribution >= 0.6 is 0 Å². The van der Waals surface area contributed by atoms with E-state index in [1.807, 2.05) is 38.1 Å². The number of carbonyl (C=O) groups excluding carboxylic acids is 1. The summed E-state index contributed by atoms with van der Waals surface area (Å²) in [5.41, 5.74) is 1.04. The van der Waals surface area contributed by atoms with Gasteiger partial charge in [0.2, 0.25) is 0 Å². The fraction of sp³-hybridized carbons (Fsp3) is 0.571. The monoisotopic (exact) mass is 278 g/mol. The lowest BCUT2D eigenvalue weighted by atomic mass is 10.2. The van der Waals surface area contributed by atoms with Crippen molar-refractivity contribution in [3.05, 3.63) is 23.9 Å². The van der Waals surface area contributed by atoms with Gasteiger partial charge in [-0.3, -0.25) is 0 Å². The van der Waals surface area contributed by atoms with E-state index in [0.717, 1.165) is 11.4 Å². The lowest BCUT2D eigenvalue weighted by Crippen LogP contribution is -2.48. The smallest absolute Gasteiger partial charge is 0.317 e. The molecule has 110 valence electrons. The van der Waals surface area contributed by atoms with Crippen molar-refractivity contribution in [2.45, 2.75) is 19.6 Å². The first-order valence-electron chi connectivity index (χ1n) is 6.83. The Morgan fingerprint density at radius 1 is 1.60 bits per heavy atom. The topological polar surface area (TPSA) is 57.7 Å². The number of pyridine rings is 1. The minimum Gasteiger partial charge on any atom is -0.375 e. The molecule has 1 atom stereocenters. The highest BCUT2D eigenvalue weighted by molar-refractivity contribution is 5.74. The van der Waals surface area contributed by atoms with Crippen molar-refractivity contribution in [3.8, 4) is 0 Å². The summed E-state index contributed by atoms with van der Waals surface area (Å²) < 4.78 is 5.43. The number of aromatic nitrogens is 1. The molecule has 2 rings (SSSR count). The number of carbonyl (C=O) groups is 1. The third kappa shape index (κ3) is 3.84. The van der Waals surface area contributed by atoms with Crippen LogP contribution in [0, 0.1) is 0 Å². The van der Waals surface area contributed by atoms with E-state index in [0.29, 0.717) is 26.2 Å². The molecule has 1 aromatic rings. The molecule has 0 bridgehead atoms. The number of morpholine rings is 1. The molecule has 0 aliphatic carbocycles. The standard InChI is InChI=1S/C14H22N4O2/c1-11-10-18(6-7-20-11)14(19)16-9-12-4-5-15-13(8-12)17(2)3/h4-5,8,11H,6-7,9-10H2,1-3H3,(H,16,19)/t11-/m0/s1. The highest BCUT2D eigenvalue weighted by Gasteiger charge is 2.20. The average molecular weight is 278 g/mol. The second-order valence-corrected chi connectivity index (χ2v) is 5.20. The van der Waals surface area contributed by atoms with Gasteiger partial charge in [0.05, 0.1) is 12.7 Å². The summed E-state index contributed by atoms with van der Waals surface area (Å²) in [5, 5.41) is 2.94. The van der Waals surface area contributed by atoms with E-state index in [2.05, 4.69) is 10.3 Å². The van der Waals surface area contributed by atoms with E-state index in [9.17, 15) is 4.79 Å². The molecular weight excluding hydrogens is 256 g/mol. The zero-order chi connectivity index (χ0) is 14.5. The van der Waals surface area contributed by atoms with Crippen molar-refractivity contribution in [2.75, 3.05) is 38.7 Å². The molecule has 0 aromatic carbocycles. The van der Waals surface area contributed by atoms with Gasteiger partial charge in [-0.1, -0.05) is 0 Å². The van der Waals surface area contributed by atoms with Gasteiger partial charge < -0.3 is 19.9 Å². The fourth-order valence-corrected chi connectivity index (χ4v) is 2.11. The van der Waals surface area contributed by atoms with Crippen LogP contribution in [0.1, 0.15) is 12.5 Å². The highest BCUT2D eigenvalue weighted by Crippen LogP contribution is 2.10. The minimum atomic E-state index is -0.0386. The maximum Gasteiger partial charge on any atom is 0.317 e. The number of hydrogen-bond acceptors (Lipinski definition) is 4. The molecule has 2 amide bonds. The van der Waals surface area contributed by atoms with Crippen LogP contribution in [0.4, 0.5) is 10.6 Å². The summed E-state index contributed by atoms with van der Waals surface area (Å²) in [4.78, 5) is 20.1. The molecule has 0 saturated carbocycles. The minimum absolute atomic E-state index is 0.0386. The Bertz CT molecular complexity index is 464. The van der Waals surface area contributed by atoms with Crippen molar-refractivity contribution in [2.24, 2.45) is 0 Å². The van der Waals surface area contributed by atoms with E-state index in [1.54, 1.807) is 11.1 Å². The third-order valence-electron chi connectivity index (χ3n) is 3.24. The molecule has 0 radical (unpaired) electrons. The molecule has 1 N–H and O–H groups in total. The lowest BCUT2D eigenvalue weighted by Gasteiger charge is -2.31. The second-order valence-electron chi connectivity index (χ2n) is 5.20. The van der Waals surface area contributed by atoms with Gasteiger partial charge in [-0.25, -0.2) is 9.78 Å². The number of anilines is 1. The van der Waals surface area contributed by atoms with Crippen molar-refractivity contribution >= 4 is 11.8 Å². The van der Waals surface area contributed by atoms with E-state index < -0.39 is 0 Å². The Labute approximate surface area is 119 Å². The van der Waals surface area contributed by atoms with E-state index in [1.165, 1.54) is 0 Å². The third-order valence-corrected chi connectivity index (χ3v) is 3.24. The van der Waals surface area contributed by atoms with Gasteiger partial charge in [0.1, 0.15) is 5.82 Å². The first-order chi connectivity index (χ1) is 9.56. The van der Waals surface area contributed by atoms with Crippen molar-refractivity contribution in [3.63, 3.8) is 0 Å². The van der Waals surface area contributed by atoms with Crippen LogP contribution in [0.3, 0.4) is 0 Å². The number of nitrogens with one attached hydrogen (secondary N) is 1. The maximum absolute atomic E-state index is 12.1. The normalized spacial score (nSPS) is 18.8. The highest BCUT2D eigenvalue weighted by atomic mass is 16.5. The zero-order valence-electron chi connectivity index (χ0n) is 12.3. The van der Waals surface area contributed by atoms with E-state index in [-0.39, 0.29) is 12.1 Å². The van der Waals surface area contributed by atoms with Gasteiger partial charge in [-0.05, 0) is 24.6 Å². The molecule has 6 heteroatoms. The Morgan fingerprint density at radius 2 is 2.40 bits per heavy atom. The van der Waals surface area contributed by atoms with Crippen LogP contribution in [-0.2, 0) is 11.3 Å². The molecule has 0 spiro atoms. The number of amides is 2.